The third kappa shape index (κ3) is 2.30. The highest BCUT2D eigenvalue weighted by Crippen LogP contribution is 2.53. The van der Waals surface area contributed by atoms with Gasteiger partial charge in [-0.2, -0.15) is 0 Å². The van der Waals surface area contributed by atoms with E-state index in [0.717, 1.165) is 0 Å². The number of hydrogen-bond donors (Lipinski definition) is 1. The van der Waals surface area contributed by atoms with Crippen LogP contribution in [0.25, 0.3) is 0 Å². The molecule has 1 saturated carbocycles. The van der Waals surface area contributed by atoms with Gasteiger partial charge in [0.2, 0.25) is 5.91 Å². The molecule has 4 heteroatoms. The molecule has 0 heterocycles. The first kappa shape index (κ1) is 9.70. The van der Waals surface area contributed by atoms with Crippen LogP contribution in [-0.4, -0.2) is 16.8 Å². The van der Waals surface area contributed by atoms with Crippen molar-refractivity contribution in [3.05, 3.63) is 0 Å². The van der Waals surface area contributed by atoms with Gasteiger partial charge in [-0.05, 0) is 6.42 Å². The molecular formula is C8H9Cl2NO. The van der Waals surface area contributed by atoms with Gasteiger partial charge < -0.3 is 5.32 Å². The molecule has 1 unspecified atom stereocenters. The first-order chi connectivity index (χ1) is 5.58. The van der Waals surface area contributed by atoms with Gasteiger partial charge in [-0.1, -0.05) is 0 Å². The molecule has 2 nitrogen and oxygen atoms in total. The maximum absolute atomic E-state index is 11.1. The van der Waals surface area contributed by atoms with Crippen molar-refractivity contribution in [2.24, 2.45) is 5.92 Å². The Morgan fingerprint density at radius 2 is 2.33 bits per heavy atom. The average Bonchev–Trinajstić information content (AvgIpc) is 2.60. The maximum Gasteiger partial charge on any atom is 0.226 e. The Hall–Kier alpha value is -0.390. The lowest BCUT2D eigenvalue weighted by molar-refractivity contribution is -0.122. The van der Waals surface area contributed by atoms with Crippen LogP contribution in [0, 0.1) is 18.3 Å². The van der Waals surface area contributed by atoms with E-state index in [4.69, 9.17) is 29.6 Å². The number of amides is 1. The molecule has 0 spiro atoms. The van der Waals surface area contributed by atoms with Gasteiger partial charge in [-0.25, -0.2) is 0 Å². The van der Waals surface area contributed by atoms with Crippen LogP contribution in [0.5, 0.6) is 0 Å². The molecule has 0 radical (unpaired) electrons. The van der Waals surface area contributed by atoms with Crippen molar-refractivity contribution < 1.29 is 4.79 Å². The Labute approximate surface area is 81.6 Å². The second-order valence-corrected chi connectivity index (χ2v) is 4.31. The van der Waals surface area contributed by atoms with E-state index in [1.54, 1.807) is 0 Å². The zero-order chi connectivity index (χ0) is 9.19. The van der Waals surface area contributed by atoms with Crippen molar-refractivity contribution in [1.29, 1.82) is 0 Å². The van der Waals surface area contributed by atoms with Crippen molar-refractivity contribution in [3.8, 4) is 12.3 Å². The van der Waals surface area contributed by atoms with E-state index in [2.05, 4.69) is 11.2 Å². The Kier molecular flexibility index (Phi) is 2.87. The summed E-state index contributed by atoms with van der Waals surface area (Å²) in [6.07, 6.45) is 6.08. The predicted molar refractivity (Wildman–Crippen MR) is 49.0 cm³/mol. The fourth-order valence-corrected chi connectivity index (χ4v) is 1.39. The summed E-state index contributed by atoms with van der Waals surface area (Å²) in [6.45, 7) is 0.496. The highest BCUT2D eigenvalue weighted by atomic mass is 35.5. The smallest absolute Gasteiger partial charge is 0.226 e. The van der Waals surface area contributed by atoms with Crippen LogP contribution >= 0.6 is 23.2 Å². The maximum atomic E-state index is 11.1. The summed E-state index contributed by atoms with van der Waals surface area (Å²) in [4.78, 5) is 11.1. The molecule has 0 aromatic carbocycles. The summed E-state index contributed by atoms with van der Waals surface area (Å²) in [7, 11) is 0. The normalized spacial score (nSPS) is 24.2. The van der Waals surface area contributed by atoms with Crippen LogP contribution in [0.15, 0.2) is 0 Å². The zero-order valence-electron chi connectivity index (χ0n) is 6.44. The van der Waals surface area contributed by atoms with Crippen molar-refractivity contribution in [1.82, 2.24) is 5.32 Å². The summed E-state index contributed by atoms with van der Waals surface area (Å²) in [5.74, 6) is 2.07. The zero-order valence-corrected chi connectivity index (χ0v) is 7.95. The standard InChI is InChI=1S/C8H9Cl2NO/c1-2-3-4-11-7(12)6-5-8(6,9)10/h1,6H,3-5H2,(H,11,12). The van der Waals surface area contributed by atoms with Gasteiger partial charge in [0.1, 0.15) is 4.33 Å². The summed E-state index contributed by atoms with van der Waals surface area (Å²) in [5, 5.41) is 2.65. The van der Waals surface area contributed by atoms with E-state index in [0.29, 0.717) is 19.4 Å². The third-order valence-corrected chi connectivity index (χ3v) is 2.55. The molecule has 66 valence electrons. The highest BCUT2D eigenvalue weighted by Gasteiger charge is 2.56. The average molecular weight is 206 g/mol. The van der Waals surface area contributed by atoms with Crippen LogP contribution in [0.1, 0.15) is 12.8 Å². The summed E-state index contributed by atoms with van der Waals surface area (Å²) in [6, 6.07) is 0. The SMILES string of the molecule is C#CCCNC(=O)C1CC1(Cl)Cl. The molecule has 0 aromatic heterocycles. The minimum Gasteiger partial charge on any atom is -0.355 e. The van der Waals surface area contributed by atoms with E-state index in [9.17, 15) is 4.79 Å². The van der Waals surface area contributed by atoms with Crippen LogP contribution < -0.4 is 5.32 Å². The van der Waals surface area contributed by atoms with Gasteiger partial charge in [-0.3, -0.25) is 4.79 Å². The van der Waals surface area contributed by atoms with Gasteiger partial charge in [0.05, 0.1) is 5.92 Å². The van der Waals surface area contributed by atoms with Gasteiger partial charge in [0.15, 0.2) is 0 Å². The van der Waals surface area contributed by atoms with Crippen molar-refractivity contribution >= 4 is 29.1 Å². The molecule has 1 N–H and O–H groups in total. The van der Waals surface area contributed by atoms with Gasteiger partial charge in [0.25, 0.3) is 0 Å². The van der Waals surface area contributed by atoms with Gasteiger partial charge >= 0.3 is 0 Å². The molecule has 1 amide bonds. The van der Waals surface area contributed by atoms with E-state index in [-0.39, 0.29) is 11.8 Å². The second-order valence-electron chi connectivity index (χ2n) is 2.76. The monoisotopic (exact) mass is 205 g/mol. The number of alkyl halides is 2. The van der Waals surface area contributed by atoms with Gasteiger partial charge in [0, 0.05) is 13.0 Å². The van der Waals surface area contributed by atoms with Crippen LogP contribution in [0.4, 0.5) is 0 Å². The molecule has 0 saturated heterocycles. The lowest BCUT2D eigenvalue weighted by atomic mass is 10.3. The predicted octanol–water partition coefficient (Wildman–Crippen LogP) is 1.32. The molecule has 1 aliphatic carbocycles. The Bertz CT molecular complexity index is 232. The van der Waals surface area contributed by atoms with E-state index in [1.165, 1.54) is 0 Å². The summed E-state index contributed by atoms with van der Waals surface area (Å²) >= 11 is 11.4. The van der Waals surface area contributed by atoms with Crippen LogP contribution in [0.2, 0.25) is 0 Å². The van der Waals surface area contributed by atoms with Crippen molar-refractivity contribution in [2.75, 3.05) is 6.54 Å². The summed E-state index contributed by atoms with van der Waals surface area (Å²) < 4.78 is -0.833. The number of carbonyl (C=O) groups is 1. The number of terminal acetylenes is 1. The van der Waals surface area contributed by atoms with Gasteiger partial charge in [-0.15, -0.1) is 35.5 Å². The Morgan fingerprint density at radius 3 is 2.75 bits per heavy atom. The number of carbonyl (C=O) groups excluding carboxylic acids is 1. The lowest BCUT2D eigenvalue weighted by Crippen LogP contribution is -2.27. The summed E-state index contributed by atoms with van der Waals surface area (Å²) in [5.41, 5.74) is 0. The molecule has 0 aromatic rings. The van der Waals surface area contributed by atoms with Crippen LogP contribution in [-0.2, 0) is 4.79 Å². The fraction of sp³-hybridized carbons (Fsp3) is 0.625. The first-order valence-corrected chi connectivity index (χ1v) is 4.42. The molecule has 12 heavy (non-hydrogen) atoms. The third-order valence-electron chi connectivity index (χ3n) is 1.71. The largest absolute Gasteiger partial charge is 0.355 e. The minimum absolute atomic E-state index is 0.102. The lowest BCUT2D eigenvalue weighted by Gasteiger charge is -2.01. The number of rotatable bonds is 3. The molecule has 1 fully saturated rings. The second kappa shape index (κ2) is 3.55. The number of nitrogens with one attached hydrogen (secondary N) is 1. The molecular weight excluding hydrogens is 197 g/mol. The first-order valence-electron chi connectivity index (χ1n) is 3.67. The van der Waals surface area contributed by atoms with E-state index >= 15 is 0 Å². The number of hydrogen-bond acceptors (Lipinski definition) is 1. The number of halogens is 2. The van der Waals surface area contributed by atoms with E-state index in [1.807, 2.05) is 0 Å². The Balaban J connectivity index is 2.19. The van der Waals surface area contributed by atoms with E-state index < -0.39 is 4.33 Å². The highest BCUT2D eigenvalue weighted by molar-refractivity contribution is 6.52. The molecule has 0 bridgehead atoms. The molecule has 1 atom stereocenters. The van der Waals surface area contributed by atoms with Crippen molar-refractivity contribution in [2.45, 2.75) is 17.2 Å². The Morgan fingerprint density at radius 1 is 1.75 bits per heavy atom. The molecule has 1 aliphatic rings. The van der Waals surface area contributed by atoms with Crippen LogP contribution in [0.3, 0.4) is 0 Å². The quantitative estimate of drug-likeness (QED) is 0.421. The van der Waals surface area contributed by atoms with Crippen molar-refractivity contribution in [3.63, 3.8) is 0 Å². The topological polar surface area (TPSA) is 29.1 Å². The minimum atomic E-state index is -0.833. The molecule has 1 rings (SSSR count). The fourth-order valence-electron chi connectivity index (χ4n) is 0.879. The molecule has 0 aliphatic heterocycles.